The van der Waals surface area contributed by atoms with Crippen LogP contribution in [0.4, 0.5) is 0 Å². The van der Waals surface area contributed by atoms with E-state index in [1.165, 1.54) is 36.3 Å². The van der Waals surface area contributed by atoms with Gasteiger partial charge < -0.3 is 0 Å². The molecule has 0 amide bonds. The third-order valence-corrected chi connectivity index (χ3v) is 7.61. The molecule has 0 nitrogen and oxygen atoms in total. The van der Waals surface area contributed by atoms with Gasteiger partial charge in [0.25, 0.3) is 0 Å². The Balaban J connectivity index is 1.86. The van der Waals surface area contributed by atoms with E-state index < -0.39 is 0 Å². The molecule has 0 radical (unpaired) electrons. The van der Waals surface area contributed by atoms with Crippen molar-refractivity contribution < 1.29 is 0 Å². The van der Waals surface area contributed by atoms with Gasteiger partial charge in [0.1, 0.15) is 0 Å². The molecular weight excluding hydrogens is 352 g/mol. The number of rotatable bonds is 6. The van der Waals surface area contributed by atoms with Crippen molar-refractivity contribution in [3.63, 3.8) is 0 Å². The highest BCUT2D eigenvalue weighted by atomic mass is 32.2. The Labute approximate surface area is 167 Å². The van der Waals surface area contributed by atoms with Gasteiger partial charge in [0.15, 0.2) is 0 Å². The van der Waals surface area contributed by atoms with Crippen LogP contribution in [-0.4, -0.2) is 0 Å². The minimum atomic E-state index is 0.550. The normalized spacial score (nSPS) is 17.4. The Kier molecular flexibility index (Phi) is 6.72. The van der Waals surface area contributed by atoms with E-state index in [2.05, 4.69) is 82.3 Å². The number of fused-ring (bicyclic) bond motifs is 1. The van der Waals surface area contributed by atoms with Crippen LogP contribution in [0.5, 0.6) is 0 Å². The molecule has 1 aliphatic heterocycles. The Morgan fingerprint density at radius 1 is 1.04 bits per heavy atom. The number of aryl methyl sites for hydroxylation is 1. The first-order chi connectivity index (χ1) is 12.6. The van der Waals surface area contributed by atoms with Gasteiger partial charge in [-0.25, -0.2) is 0 Å². The first-order valence-electron chi connectivity index (χ1n) is 9.52. The van der Waals surface area contributed by atoms with E-state index in [1.807, 2.05) is 23.5 Å². The molecule has 0 N–H and O–H groups in total. The van der Waals surface area contributed by atoms with Gasteiger partial charge in [0, 0.05) is 22.1 Å². The second-order valence-electron chi connectivity index (χ2n) is 6.89. The van der Waals surface area contributed by atoms with Crippen molar-refractivity contribution in [1.82, 2.24) is 0 Å². The molecule has 0 aliphatic carbocycles. The summed E-state index contributed by atoms with van der Waals surface area (Å²) < 4.78 is 0. The van der Waals surface area contributed by atoms with E-state index >= 15 is 0 Å². The maximum absolute atomic E-state index is 2.51. The molecule has 1 unspecified atom stereocenters. The standard InChI is InChI=1S/C24H28S2/c1-5-17(3)24(26-22-13-9-7-11-18(22)4)16-20-15-19(6-2)21-12-8-10-14-23(21)25-20/h7-15,19H,5-6,16H2,1-4H3. The Hall–Kier alpha value is -1.38. The quantitative estimate of drug-likeness (QED) is 0.462. The van der Waals surface area contributed by atoms with Gasteiger partial charge >= 0.3 is 0 Å². The van der Waals surface area contributed by atoms with Gasteiger partial charge in [0.2, 0.25) is 0 Å². The van der Waals surface area contributed by atoms with Crippen LogP contribution in [0, 0.1) is 6.92 Å². The van der Waals surface area contributed by atoms with Gasteiger partial charge in [0.05, 0.1) is 0 Å². The van der Waals surface area contributed by atoms with Crippen LogP contribution < -0.4 is 0 Å². The minimum Gasteiger partial charge on any atom is -0.0942 e. The highest BCUT2D eigenvalue weighted by Gasteiger charge is 2.20. The SMILES string of the molecule is CCC(C)=C(CC1=CC(CC)c2ccccc2S1)Sc1ccccc1C. The van der Waals surface area contributed by atoms with Crippen molar-refractivity contribution in [2.75, 3.05) is 0 Å². The molecule has 2 aromatic carbocycles. The lowest BCUT2D eigenvalue weighted by Gasteiger charge is -2.24. The molecule has 1 atom stereocenters. The molecule has 2 aromatic rings. The van der Waals surface area contributed by atoms with Crippen LogP contribution >= 0.6 is 23.5 Å². The molecule has 3 rings (SSSR count). The minimum absolute atomic E-state index is 0.550. The van der Waals surface area contributed by atoms with E-state index in [0.29, 0.717) is 5.92 Å². The van der Waals surface area contributed by atoms with Crippen molar-refractivity contribution in [2.45, 2.75) is 62.7 Å². The largest absolute Gasteiger partial charge is 0.0942 e. The second-order valence-corrected chi connectivity index (χ2v) is 9.19. The molecule has 1 heterocycles. The molecule has 0 spiro atoms. The molecule has 0 fully saturated rings. The van der Waals surface area contributed by atoms with Crippen LogP contribution in [0.2, 0.25) is 0 Å². The fraction of sp³-hybridized carbons (Fsp3) is 0.333. The van der Waals surface area contributed by atoms with Crippen LogP contribution in [0.3, 0.4) is 0 Å². The van der Waals surface area contributed by atoms with E-state index in [4.69, 9.17) is 0 Å². The predicted molar refractivity (Wildman–Crippen MR) is 118 cm³/mol. The maximum Gasteiger partial charge on any atom is 0.0157 e. The van der Waals surface area contributed by atoms with E-state index in [0.717, 1.165) is 19.3 Å². The summed E-state index contributed by atoms with van der Waals surface area (Å²) in [7, 11) is 0. The molecule has 0 saturated carbocycles. The third kappa shape index (κ3) is 4.47. The number of hydrogen-bond donors (Lipinski definition) is 0. The van der Waals surface area contributed by atoms with E-state index in [1.54, 1.807) is 0 Å². The zero-order valence-corrected chi connectivity index (χ0v) is 17.8. The molecule has 0 saturated heterocycles. The molecule has 2 heteroatoms. The number of benzene rings is 2. The first kappa shape index (κ1) is 19.4. The van der Waals surface area contributed by atoms with Gasteiger partial charge in [-0.2, -0.15) is 0 Å². The summed E-state index contributed by atoms with van der Waals surface area (Å²) in [6.45, 7) is 9.06. The average Bonchev–Trinajstić information content (AvgIpc) is 2.67. The summed E-state index contributed by atoms with van der Waals surface area (Å²) in [5, 5.41) is 0. The average molecular weight is 381 g/mol. The first-order valence-corrected chi connectivity index (χ1v) is 11.1. The van der Waals surface area contributed by atoms with E-state index in [9.17, 15) is 0 Å². The topological polar surface area (TPSA) is 0 Å². The summed E-state index contributed by atoms with van der Waals surface area (Å²) in [4.78, 5) is 5.82. The molecule has 0 aromatic heterocycles. The zero-order chi connectivity index (χ0) is 18.5. The highest BCUT2D eigenvalue weighted by Crippen LogP contribution is 2.46. The number of allylic oxidation sites excluding steroid dienone is 4. The zero-order valence-electron chi connectivity index (χ0n) is 16.2. The van der Waals surface area contributed by atoms with Crippen molar-refractivity contribution >= 4 is 23.5 Å². The van der Waals surface area contributed by atoms with Crippen molar-refractivity contribution in [3.05, 3.63) is 81.1 Å². The maximum atomic E-state index is 2.51. The van der Waals surface area contributed by atoms with Gasteiger partial charge in [-0.3, -0.25) is 0 Å². The summed E-state index contributed by atoms with van der Waals surface area (Å²) in [5.41, 5.74) is 4.36. The lowest BCUT2D eigenvalue weighted by molar-refractivity contribution is 0.779. The molecule has 0 bridgehead atoms. The Bertz CT molecular complexity index is 830. The Morgan fingerprint density at radius 3 is 2.50 bits per heavy atom. The van der Waals surface area contributed by atoms with Crippen molar-refractivity contribution in [3.8, 4) is 0 Å². The van der Waals surface area contributed by atoms with Crippen LogP contribution in [-0.2, 0) is 0 Å². The molecule has 1 aliphatic rings. The van der Waals surface area contributed by atoms with Crippen molar-refractivity contribution in [1.29, 1.82) is 0 Å². The number of thioether (sulfide) groups is 2. The van der Waals surface area contributed by atoms with Gasteiger partial charge in [-0.15, -0.1) is 0 Å². The van der Waals surface area contributed by atoms with Crippen LogP contribution in [0.25, 0.3) is 0 Å². The molecular formula is C24H28S2. The van der Waals surface area contributed by atoms with Gasteiger partial charge in [-0.05, 0) is 59.8 Å². The molecule has 26 heavy (non-hydrogen) atoms. The predicted octanol–water partition coefficient (Wildman–Crippen LogP) is 8.34. The van der Waals surface area contributed by atoms with Crippen LogP contribution in [0.15, 0.2) is 79.8 Å². The highest BCUT2D eigenvalue weighted by molar-refractivity contribution is 8.04. The third-order valence-electron chi connectivity index (χ3n) is 5.05. The Morgan fingerprint density at radius 2 is 1.77 bits per heavy atom. The fourth-order valence-corrected chi connectivity index (χ4v) is 5.73. The van der Waals surface area contributed by atoms with Crippen LogP contribution in [0.1, 0.15) is 57.1 Å². The molecule has 136 valence electrons. The fourth-order valence-electron chi connectivity index (χ4n) is 3.24. The lowest BCUT2D eigenvalue weighted by Crippen LogP contribution is -2.02. The monoisotopic (exact) mass is 380 g/mol. The van der Waals surface area contributed by atoms with Crippen molar-refractivity contribution in [2.24, 2.45) is 0 Å². The van der Waals surface area contributed by atoms with Gasteiger partial charge in [-0.1, -0.05) is 85.4 Å². The summed E-state index contributed by atoms with van der Waals surface area (Å²) in [5.74, 6) is 0.550. The summed E-state index contributed by atoms with van der Waals surface area (Å²) in [6.07, 6.45) is 5.83. The lowest BCUT2D eigenvalue weighted by atomic mass is 9.95. The second kappa shape index (κ2) is 9.01. The van der Waals surface area contributed by atoms with E-state index in [-0.39, 0.29) is 0 Å². The summed E-state index contributed by atoms with van der Waals surface area (Å²) >= 11 is 3.92. The smallest absolute Gasteiger partial charge is 0.0157 e. The number of hydrogen-bond acceptors (Lipinski definition) is 2. The summed E-state index contributed by atoms with van der Waals surface area (Å²) in [6, 6.07) is 17.6.